The highest BCUT2D eigenvalue weighted by Crippen LogP contribution is 2.19. The lowest BCUT2D eigenvalue weighted by Gasteiger charge is -2.28. The van der Waals surface area contributed by atoms with Crippen molar-refractivity contribution in [1.82, 2.24) is 10.6 Å². The van der Waals surface area contributed by atoms with Crippen LogP contribution in [0.5, 0.6) is 0 Å². The summed E-state index contributed by atoms with van der Waals surface area (Å²) in [4.78, 5) is 12.0. The van der Waals surface area contributed by atoms with Crippen molar-refractivity contribution in [2.45, 2.75) is 65.0 Å². The van der Waals surface area contributed by atoms with Crippen LogP contribution in [0.3, 0.4) is 0 Å². The van der Waals surface area contributed by atoms with Crippen LogP contribution in [0.1, 0.15) is 52.9 Å². The lowest BCUT2D eigenvalue weighted by Crippen LogP contribution is -2.48. The summed E-state index contributed by atoms with van der Waals surface area (Å²) < 4.78 is 5.47. The van der Waals surface area contributed by atoms with E-state index in [-0.39, 0.29) is 11.9 Å². The largest absolute Gasteiger partial charge is 0.379 e. The molecule has 1 amide bonds. The molecule has 1 fully saturated rings. The molecule has 2 unspecified atom stereocenters. The van der Waals surface area contributed by atoms with Gasteiger partial charge in [0.15, 0.2) is 0 Å². The Hall–Kier alpha value is -0.610. The fourth-order valence-electron chi connectivity index (χ4n) is 2.45. The van der Waals surface area contributed by atoms with E-state index in [1.54, 1.807) is 0 Å². The van der Waals surface area contributed by atoms with Crippen molar-refractivity contribution in [3.05, 3.63) is 0 Å². The zero-order valence-corrected chi connectivity index (χ0v) is 12.7. The molecule has 0 aliphatic carbocycles. The molecule has 0 aromatic heterocycles. The van der Waals surface area contributed by atoms with Gasteiger partial charge in [0.2, 0.25) is 5.91 Å². The van der Waals surface area contributed by atoms with E-state index >= 15 is 0 Å². The molecular formula is C15H30N2O2. The van der Waals surface area contributed by atoms with E-state index in [0.29, 0.717) is 12.0 Å². The molecule has 2 N–H and O–H groups in total. The number of piperidine rings is 1. The number of ether oxygens (including phenoxy) is 1. The topological polar surface area (TPSA) is 50.4 Å². The molecule has 1 rings (SSSR count). The highest BCUT2D eigenvalue weighted by molar-refractivity contribution is 5.81. The normalized spacial score (nSPS) is 23.6. The van der Waals surface area contributed by atoms with Gasteiger partial charge in [0.25, 0.3) is 0 Å². The molecule has 0 bridgehead atoms. The monoisotopic (exact) mass is 270 g/mol. The summed E-state index contributed by atoms with van der Waals surface area (Å²) in [6.45, 7) is 8.81. The maximum Gasteiger partial charge on any atom is 0.237 e. The Balaban J connectivity index is 2.07. The highest BCUT2D eigenvalue weighted by atomic mass is 16.5. The second-order valence-corrected chi connectivity index (χ2v) is 5.72. The van der Waals surface area contributed by atoms with E-state index in [0.717, 1.165) is 39.0 Å². The molecule has 4 heteroatoms. The molecule has 1 aliphatic rings. The third-order valence-electron chi connectivity index (χ3n) is 3.73. The second-order valence-electron chi connectivity index (χ2n) is 5.72. The molecule has 0 radical (unpaired) electrons. The Morgan fingerprint density at radius 2 is 2.21 bits per heavy atom. The average molecular weight is 270 g/mol. The van der Waals surface area contributed by atoms with Crippen molar-refractivity contribution in [3.63, 3.8) is 0 Å². The van der Waals surface area contributed by atoms with Gasteiger partial charge in [-0.2, -0.15) is 0 Å². The highest BCUT2D eigenvalue weighted by Gasteiger charge is 2.25. The number of carbonyl (C=O) groups excluding carboxylic acids is 1. The quantitative estimate of drug-likeness (QED) is 0.664. The summed E-state index contributed by atoms with van der Waals surface area (Å²) in [5.41, 5.74) is 0. The van der Waals surface area contributed by atoms with Crippen LogP contribution in [0.25, 0.3) is 0 Å². The van der Waals surface area contributed by atoms with Crippen molar-refractivity contribution in [2.75, 3.05) is 19.7 Å². The standard InChI is InChI=1S/C15H30N2O2/c1-4-13-7-9-16-14(11-13)15(18)17-8-5-6-10-19-12(2)3/h12-14,16H,4-11H2,1-3H3,(H,17,18). The Morgan fingerprint density at radius 3 is 2.89 bits per heavy atom. The maximum absolute atomic E-state index is 12.0. The number of carbonyl (C=O) groups is 1. The van der Waals surface area contributed by atoms with Gasteiger partial charge in [-0.05, 0) is 52.0 Å². The van der Waals surface area contributed by atoms with E-state index in [1.165, 1.54) is 12.8 Å². The predicted octanol–water partition coefficient (Wildman–Crippen LogP) is 2.09. The van der Waals surface area contributed by atoms with Gasteiger partial charge in [-0.15, -0.1) is 0 Å². The molecule has 112 valence electrons. The van der Waals surface area contributed by atoms with Crippen LogP contribution >= 0.6 is 0 Å². The van der Waals surface area contributed by atoms with E-state index < -0.39 is 0 Å². The first kappa shape index (κ1) is 16.4. The van der Waals surface area contributed by atoms with E-state index in [2.05, 4.69) is 17.6 Å². The minimum atomic E-state index is 0.0191. The molecule has 0 aromatic carbocycles. The van der Waals surface area contributed by atoms with Gasteiger partial charge >= 0.3 is 0 Å². The maximum atomic E-state index is 12.0. The average Bonchev–Trinajstić information content (AvgIpc) is 2.42. The summed E-state index contributed by atoms with van der Waals surface area (Å²) >= 11 is 0. The van der Waals surface area contributed by atoms with Crippen molar-refractivity contribution in [3.8, 4) is 0 Å². The van der Waals surface area contributed by atoms with Gasteiger partial charge in [-0.3, -0.25) is 4.79 Å². The number of unbranched alkanes of at least 4 members (excludes halogenated alkanes) is 1. The van der Waals surface area contributed by atoms with Crippen LogP contribution in [0.2, 0.25) is 0 Å². The zero-order valence-electron chi connectivity index (χ0n) is 12.7. The number of hydrogen-bond acceptors (Lipinski definition) is 3. The van der Waals surface area contributed by atoms with E-state index in [4.69, 9.17) is 4.74 Å². The van der Waals surface area contributed by atoms with Crippen molar-refractivity contribution in [1.29, 1.82) is 0 Å². The van der Waals surface area contributed by atoms with Crippen LogP contribution in [0.4, 0.5) is 0 Å². The molecule has 19 heavy (non-hydrogen) atoms. The SMILES string of the molecule is CCC1CCNC(C(=O)NCCCCOC(C)C)C1. The summed E-state index contributed by atoms with van der Waals surface area (Å²) in [5, 5.41) is 6.34. The summed E-state index contributed by atoms with van der Waals surface area (Å²) in [7, 11) is 0. The first-order chi connectivity index (χ1) is 9.13. The molecule has 1 heterocycles. The number of hydrogen-bond donors (Lipinski definition) is 2. The molecule has 4 nitrogen and oxygen atoms in total. The number of amides is 1. The van der Waals surface area contributed by atoms with Crippen molar-refractivity contribution < 1.29 is 9.53 Å². The van der Waals surface area contributed by atoms with Crippen molar-refractivity contribution in [2.24, 2.45) is 5.92 Å². The van der Waals surface area contributed by atoms with Crippen LogP contribution < -0.4 is 10.6 Å². The molecule has 2 atom stereocenters. The van der Waals surface area contributed by atoms with Crippen LogP contribution in [0, 0.1) is 5.92 Å². The van der Waals surface area contributed by atoms with Gasteiger partial charge in [-0.25, -0.2) is 0 Å². The van der Waals surface area contributed by atoms with Crippen LogP contribution in [-0.4, -0.2) is 37.7 Å². The van der Waals surface area contributed by atoms with Crippen molar-refractivity contribution >= 4 is 5.91 Å². The Kier molecular flexibility index (Phi) is 8.07. The Bertz CT molecular complexity index is 257. The first-order valence-electron chi connectivity index (χ1n) is 7.76. The summed E-state index contributed by atoms with van der Waals surface area (Å²) in [6, 6.07) is 0.0191. The first-order valence-corrected chi connectivity index (χ1v) is 7.76. The van der Waals surface area contributed by atoms with Gasteiger partial charge in [0, 0.05) is 13.2 Å². The Morgan fingerprint density at radius 1 is 1.42 bits per heavy atom. The Labute approximate surface area is 117 Å². The predicted molar refractivity (Wildman–Crippen MR) is 78.1 cm³/mol. The number of rotatable bonds is 8. The van der Waals surface area contributed by atoms with E-state index in [9.17, 15) is 4.79 Å². The van der Waals surface area contributed by atoms with Gasteiger partial charge < -0.3 is 15.4 Å². The third-order valence-corrected chi connectivity index (χ3v) is 3.73. The lowest BCUT2D eigenvalue weighted by molar-refractivity contribution is -0.124. The van der Waals surface area contributed by atoms with E-state index in [1.807, 2.05) is 13.8 Å². The second kappa shape index (κ2) is 9.32. The third kappa shape index (κ3) is 6.92. The summed E-state index contributed by atoms with van der Waals surface area (Å²) in [6.07, 6.45) is 5.66. The molecule has 1 saturated heterocycles. The van der Waals surface area contributed by atoms with Crippen LogP contribution in [0.15, 0.2) is 0 Å². The van der Waals surface area contributed by atoms with Crippen LogP contribution in [-0.2, 0) is 9.53 Å². The van der Waals surface area contributed by atoms with Gasteiger partial charge in [0.05, 0.1) is 12.1 Å². The summed E-state index contributed by atoms with van der Waals surface area (Å²) in [5.74, 6) is 0.874. The molecule has 1 aliphatic heterocycles. The fourth-order valence-corrected chi connectivity index (χ4v) is 2.45. The molecule has 0 spiro atoms. The number of nitrogens with one attached hydrogen (secondary N) is 2. The smallest absolute Gasteiger partial charge is 0.237 e. The minimum Gasteiger partial charge on any atom is -0.379 e. The minimum absolute atomic E-state index is 0.0191. The molecule has 0 aromatic rings. The fraction of sp³-hybridized carbons (Fsp3) is 0.933. The molecule has 0 saturated carbocycles. The zero-order chi connectivity index (χ0) is 14.1. The van der Waals surface area contributed by atoms with Gasteiger partial charge in [0.1, 0.15) is 0 Å². The van der Waals surface area contributed by atoms with Gasteiger partial charge in [-0.1, -0.05) is 13.3 Å². The molecular weight excluding hydrogens is 240 g/mol. The lowest BCUT2D eigenvalue weighted by atomic mass is 9.90.